The van der Waals surface area contributed by atoms with E-state index in [1.165, 1.54) is 12.1 Å². The minimum atomic E-state index is -1.05. The van der Waals surface area contributed by atoms with Crippen molar-refractivity contribution in [2.45, 2.75) is 13.0 Å². The van der Waals surface area contributed by atoms with Gasteiger partial charge in [-0.25, -0.2) is 9.59 Å². The predicted octanol–water partition coefficient (Wildman–Crippen LogP) is 2.30. The van der Waals surface area contributed by atoms with Crippen LogP contribution in [-0.4, -0.2) is 36.9 Å². The van der Waals surface area contributed by atoms with Crippen molar-refractivity contribution in [1.82, 2.24) is 5.32 Å². The number of carbonyl (C=O) groups excluding carboxylic acids is 1. The molecule has 0 bridgehead atoms. The lowest BCUT2D eigenvalue weighted by molar-refractivity contribution is 0.0697. The molecule has 7 heteroatoms. The molecule has 6 nitrogen and oxygen atoms in total. The van der Waals surface area contributed by atoms with Gasteiger partial charge in [0.2, 0.25) is 0 Å². The van der Waals surface area contributed by atoms with Gasteiger partial charge in [0.1, 0.15) is 0 Å². The number of nitrogens with one attached hydrogen (secondary N) is 2. The monoisotopic (exact) mass is 330 g/mol. The fourth-order valence-corrected chi connectivity index (χ4v) is 1.59. The van der Waals surface area contributed by atoms with Gasteiger partial charge in [0, 0.05) is 18.1 Å². The Kier molecular flexibility index (Phi) is 5.78. The summed E-state index contributed by atoms with van der Waals surface area (Å²) in [7, 11) is 1.55. The average Bonchev–Trinajstić information content (AvgIpc) is 2.38. The number of methoxy groups -OCH3 is 1. The Morgan fingerprint density at radius 1 is 1.47 bits per heavy atom. The molecular formula is C12H15BrN2O4. The summed E-state index contributed by atoms with van der Waals surface area (Å²) in [5.41, 5.74) is 0.492. The van der Waals surface area contributed by atoms with Crippen molar-refractivity contribution in [3.05, 3.63) is 28.2 Å². The number of anilines is 1. The van der Waals surface area contributed by atoms with Crippen LogP contribution in [0.25, 0.3) is 0 Å². The fourth-order valence-electron chi connectivity index (χ4n) is 1.24. The Balaban J connectivity index is 2.68. The molecule has 19 heavy (non-hydrogen) atoms. The summed E-state index contributed by atoms with van der Waals surface area (Å²) in [6.07, 6.45) is -0.0976. The first-order chi connectivity index (χ1) is 8.93. The maximum absolute atomic E-state index is 11.6. The summed E-state index contributed by atoms with van der Waals surface area (Å²) in [6, 6.07) is 3.97. The zero-order valence-corrected chi connectivity index (χ0v) is 12.2. The normalized spacial score (nSPS) is 11.7. The van der Waals surface area contributed by atoms with Crippen LogP contribution in [0.5, 0.6) is 0 Å². The first kappa shape index (κ1) is 15.5. The molecule has 1 atom stereocenters. The fraction of sp³-hybridized carbons (Fsp3) is 0.333. The summed E-state index contributed by atoms with van der Waals surface area (Å²) in [4.78, 5) is 22.5. The van der Waals surface area contributed by atoms with Gasteiger partial charge in [0.25, 0.3) is 0 Å². The van der Waals surface area contributed by atoms with Gasteiger partial charge in [-0.3, -0.25) is 0 Å². The molecule has 104 valence electrons. The Bertz CT molecular complexity index is 479. The third-order valence-corrected chi connectivity index (χ3v) is 3.11. The Morgan fingerprint density at radius 3 is 2.74 bits per heavy atom. The molecule has 1 unspecified atom stereocenters. The van der Waals surface area contributed by atoms with Crippen LogP contribution in [0.4, 0.5) is 10.5 Å². The lowest BCUT2D eigenvalue weighted by atomic mass is 10.2. The van der Waals surface area contributed by atoms with Gasteiger partial charge in [-0.2, -0.15) is 0 Å². The molecule has 0 heterocycles. The van der Waals surface area contributed by atoms with Crippen LogP contribution in [0, 0.1) is 0 Å². The largest absolute Gasteiger partial charge is 0.478 e. The van der Waals surface area contributed by atoms with E-state index in [1.807, 2.05) is 6.92 Å². The number of amides is 2. The molecule has 0 radical (unpaired) electrons. The van der Waals surface area contributed by atoms with E-state index in [4.69, 9.17) is 9.84 Å². The molecule has 1 aromatic rings. The quantitative estimate of drug-likeness (QED) is 0.773. The molecule has 0 fully saturated rings. The van der Waals surface area contributed by atoms with E-state index in [1.54, 1.807) is 13.2 Å². The third-order valence-electron chi connectivity index (χ3n) is 2.41. The van der Waals surface area contributed by atoms with Gasteiger partial charge in [-0.15, -0.1) is 0 Å². The summed E-state index contributed by atoms with van der Waals surface area (Å²) >= 11 is 3.24. The number of hydrogen-bond acceptors (Lipinski definition) is 3. The molecule has 0 spiro atoms. The van der Waals surface area contributed by atoms with Gasteiger partial charge in [-0.05, 0) is 41.1 Å². The zero-order chi connectivity index (χ0) is 14.4. The second kappa shape index (κ2) is 7.10. The number of carbonyl (C=O) groups is 2. The number of benzene rings is 1. The molecule has 0 aromatic heterocycles. The first-order valence-corrected chi connectivity index (χ1v) is 6.33. The summed E-state index contributed by atoms with van der Waals surface area (Å²) in [5.74, 6) is -1.05. The highest BCUT2D eigenvalue weighted by Gasteiger charge is 2.10. The van der Waals surface area contributed by atoms with Crippen LogP contribution < -0.4 is 10.6 Å². The highest BCUT2D eigenvalue weighted by Crippen LogP contribution is 2.23. The number of aromatic carboxylic acids is 1. The lowest BCUT2D eigenvalue weighted by Gasteiger charge is -2.12. The van der Waals surface area contributed by atoms with E-state index in [9.17, 15) is 9.59 Å². The number of hydrogen-bond donors (Lipinski definition) is 3. The number of halogens is 1. The molecule has 0 saturated heterocycles. The van der Waals surface area contributed by atoms with Crippen LogP contribution in [0.3, 0.4) is 0 Å². The van der Waals surface area contributed by atoms with E-state index in [2.05, 4.69) is 26.6 Å². The molecule has 1 aromatic carbocycles. The summed E-state index contributed by atoms with van der Waals surface area (Å²) in [5, 5.41) is 14.1. The number of carboxylic acid groups (broad SMARTS) is 1. The molecule has 0 aliphatic rings. The predicted molar refractivity (Wildman–Crippen MR) is 74.6 cm³/mol. The molecular weight excluding hydrogens is 316 g/mol. The van der Waals surface area contributed by atoms with Crippen LogP contribution in [0.15, 0.2) is 22.7 Å². The van der Waals surface area contributed by atoms with Crippen molar-refractivity contribution in [2.24, 2.45) is 0 Å². The van der Waals surface area contributed by atoms with E-state index in [0.29, 0.717) is 16.7 Å². The van der Waals surface area contributed by atoms with Crippen molar-refractivity contribution in [1.29, 1.82) is 0 Å². The van der Waals surface area contributed by atoms with Gasteiger partial charge in [0.05, 0.1) is 17.4 Å². The highest BCUT2D eigenvalue weighted by atomic mass is 79.9. The number of rotatable bonds is 5. The second-order valence-electron chi connectivity index (χ2n) is 3.88. The maximum atomic E-state index is 11.6. The van der Waals surface area contributed by atoms with Crippen molar-refractivity contribution in [2.75, 3.05) is 19.0 Å². The van der Waals surface area contributed by atoms with Crippen molar-refractivity contribution < 1.29 is 19.4 Å². The molecule has 1 rings (SSSR count). The smallest absolute Gasteiger partial charge is 0.335 e. The Labute approximate surface area is 119 Å². The second-order valence-corrected chi connectivity index (χ2v) is 4.74. The molecule has 3 N–H and O–H groups in total. The SMILES string of the molecule is COC(C)CNC(=O)Nc1cc(C(=O)O)ccc1Br. The van der Waals surface area contributed by atoms with Gasteiger partial charge >= 0.3 is 12.0 Å². The molecule has 0 saturated carbocycles. The van der Waals surface area contributed by atoms with Crippen LogP contribution in [0.1, 0.15) is 17.3 Å². The van der Waals surface area contributed by atoms with Crippen molar-refractivity contribution >= 4 is 33.6 Å². The van der Waals surface area contributed by atoms with E-state index >= 15 is 0 Å². The topological polar surface area (TPSA) is 87.7 Å². The summed E-state index contributed by atoms with van der Waals surface area (Å²) < 4.78 is 5.60. The van der Waals surface area contributed by atoms with Crippen LogP contribution in [0.2, 0.25) is 0 Å². The number of urea groups is 1. The average molecular weight is 331 g/mol. The summed E-state index contributed by atoms with van der Waals surface area (Å²) in [6.45, 7) is 2.18. The van der Waals surface area contributed by atoms with Crippen LogP contribution >= 0.6 is 15.9 Å². The van der Waals surface area contributed by atoms with Crippen molar-refractivity contribution in [3.63, 3.8) is 0 Å². The minimum Gasteiger partial charge on any atom is -0.478 e. The minimum absolute atomic E-state index is 0.0976. The molecule has 2 amide bonds. The van der Waals surface area contributed by atoms with Gasteiger partial charge < -0.3 is 20.5 Å². The van der Waals surface area contributed by atoms with Crippen LogP contribution in [-0.2, 0) is 4.74 Å². The number of ether oxygens (including phenoxy) is 1. The van der Waals surface area contributed by atoms with Gasteiger partial charge in [0.15, 0.2) is 0 Å². The first-order valence-electron chi connectivity index (χ1n) is 5.54. The Hall–Kier alpha value is -1.60. The third kappa shape index (κ3) is 4.88. The zero-order valence-electron chi connectivity index (χ0n) is 10.6. The van der Waals surface area contributed by atoms with Gasteiger partial charge in [-0.1, -0.05) is 0 Å². The molecule has 0 aliphatic carbocycles. The van der Waals surface area contributed by atoms with E-state index in [-0.39, 0.29) is 11.7 Å². The maximum Gasteiger partial charge on any atom is 0.335 e. The van der Waals surface area contributed by atoms with E-state index in [0.717, 1.165) is 0 Å². The molecule has 0 aliphatic heterocycles. The Morgan fingerprint density at radius 2 is 2.16 bits per heavy atom. The van der Waals surface area contributed by atoms with E-state index < -0.39 is 12.0 Å². The van der Waals surface area contributed by atoms with Crippen molar-refractivity contribution in [3.8, 4) is 0 Å². The lowest BCUT2D eigenvalue weighted by Crippen LogP contribution is -2.34. The number of carboxylic acids is 1. The standard InChI is InChI=1S/C12H15BrN2O4/c1-7(19-2)6-14-12(18)15-10-5-8(11(16)17)3-4-9(10)13/h3-5,7H,6H2,1-2H3,(H,16,17)(H2,14,15,18). The highest BCUT2D eigenvalue weighted by molar-refractivity contribution is 9.10.